The number of benzene rings is 2. The zero-order chi connectivity index (χ0) is 27.1. The first-order valence-corrected chi connectivity index (χ1v) is 12.6. The lowest BCUT2D eigenvalue weighted by atomic mass is 9.87. The Kier molecular flexibility index (Phi) is 8.13. The highest BCUT2D eigenvalue weighted by atomic mass is 35.5. The average molecular weight is 561 g/mol. The third-order valence-corrected chi connectivity index (χ3v) is 7.44. The largest absolute Gasteiger partial charge is 0.462 e. The van der Waals surface area contributed by atoms with E-state index in [1.807, 2.05) is 0 Å². The van der Waals surface area contributed by atoms with Crippen LogP contribution in [0.25, 0.3) is 5.57 Å². The quantitative estimate of drug-likeness (QED) is 0.345. The van der Waals surface area contributed by atoms with Crippen LogP contribution in [0.2, 0.25) is 10.0 Å². The Morgan fingerprint density at radius 3 is 2.17 bits per heavy atom. The minimum absolute atomic E-state index is 0.0186. The number of aryl methyl sites for hydroxylation is 1. The number of allylic oxidation sites excluding steroid dienone is 1. The third-order valence-electron chi connectivity index (χ3n) is 5.43. The summed E-state index contributed by atoms with van der Waals surface area (Å²) in [7, 11) is 0. The van der Waals surface area contributed by atoms with Gasteiger partial charge in [0.25, 0.3) is 0 Å². The molecule has 0 saturated heterocycles. The number of carbonyl (C=O) groups excluding carboxylic acids is 2. The molecular weight excluding hydrogens is 536 g/mol. The van der Waals surface area contributed by atoms with Crippen molar-refractivity contribution in [1.29, 1.82) is 0 Å². The summed E-state index contributed by atoms with van der Waals surface area (Å²) >= 11 is 12.5. The van der Waals surface area contributed by atoms with Gasteiger partial charge in [-0.2, -0.15) is 13.2 Å². The molecule has 1 unspecified atom stereocenters. The van der Waals surface area contributed by atoms with Gasteiger partial charge in [-0.1, -0.05) is 47.1 Å². The smallest absolute Gasteiger partial charge is 0.407 e. The lowest BCUT2D eigenvalue weighted by molar-refractivity contribution is -0.160. The first kappa shape index (κ1) is 28.4. The summed E-state index contributed by atoms with van der Waals surface area (Å²) in [4.78, 5) is 25.5. The number of thioether (sulfide) groups is 1. The van der Waals surface area contributed by atoms with Gasteiger partial charge in [0.1, 0.15) is 10.3 Å². The molecule has 3 rings (SSSR count). The monoisotopic (exact) mass is 560 g/mol. The van der Waals surface area contributed by atoms with Crippen LogP contribution in [0, 0.1) is 6.92 Å². The number of ether oxygens (including phenoxy) is 2. The summed E-state index contributed by atoms with van der Waals surface area (Å²) in [5.74, 6) is -1.49. The van der Waals surface area contributed by atoms with Crippen LogP contribution in [0.4, 0.5) is 13.2 Å². The van der Waals surface area contributed by atoms with Gasteiger partial charge in [0.15, 0.2) is 0 Å². The highest BCUT2D eigenvalue weighted by Gasteiger charge is 2.61. The first-order chi connectivity index (χ1) is 16.6. The van der Waals surface area contributed by atoms with Crippen molar-refractivity contribution in [3.63, 3.8) is 0 Å². The molecule has 36 heavy (non-hydrogen) atoms. The highest BCUT2D eigenvalue weighted by molar-refractivity contribution is 8.05. The van der Waals surface area contributed by atoms with Gasteiger partial charge in [0.05, 0.1) is 17.1 Å². The first-order valence-electron chi connectivity index (χ1n) is 11.0. The number of carbonyl (C=O) groups is 2. The molecule has 0 aromatic heterocycles. The van der Waals surface area contributed by atoms with E-state index in [4.69, 9.17) is 32.7 Å². The minimum atomic E-state index is -4.79. The second kappa shape index (κ2) is 10.3. The minimum Gasteiger partial charge on any atom is -0.462 e. The Morgan fingerprint density at radius 2 is 1.64 bits per heavy atom. The van der Waals surface area contributed by atoms with Crippen molar-refractivity contribution in [3.05, 3.63) is 73.6 Å². The summed E-state index contributed by atoms with van der Waals surface area (Å²) in [6.07, 6.45) is -5.38. The van der Waals surface area contributed by atoms with Crippen LogP contribution in [0.1, 0.15) is 61.2 Å². The maximum atomic E-state index is 14.8. The maximum Gasteiger partial charge on any atom is 0.407 e. The standard InChI is InChI=1S/C26H25Cl2F3O4S/c1-6-34-23(33)21-20(15-8-7-14(2)19(9-15)22(32)35-24(3,4)5)13-25(36-21,26(29,30)31)16-10-17(27)12-18(28)11-16/h7-12H,6,13H2,1-5H3. The summed E-state index contributed by atoms with van der Waals surface area (Å²) in [6, 6.07) is 8.37. The fourth-order valence-electron chi connectivity index (χ4n) is 3.83. The van der Waals surface area contributed by atoms with Crippen molar-refractivity contribution < 1.29 is 32.2 Å². The zero-order valence-electron chi connectivity index (χ0n) is 20.3. The van der Waals surface area contributed by atoms with Gasteiger partial charge in [-0.05, 0) is 81.1 Å². The Balaban J connectivity index is 2.20. The molecule has 0 saturated carbocycles. The van der Waals surface area contributed by atoms with Crippen LogP contribution in [0.15, 0.2) is 41.3 Å². The van der Waals surface area contributed by atoms with E-state index in [1.165, 1.54) is 24.3 Å². The van der Waals surface area contributed by atoms with Crippen LogP contribution in [0.3, 0.4) is 0 Å². The summed E-state index contributed by atoms with van der Waals surface area (Å²) in [6.45, 7) is 8.39. The molecule has 0 amide bonds. The van der Waals surface area contributed by atoms with Crippen molar-refractivity contribution in [1.82, 2.24) is 0 Å². The molecule has 0 N–H and O–H groups in total. The van der Waals surface area contributed by atoms with Gasteiger partial charge < -0.3 is 9.47 Å². The molecular formula is C26H25Cl2F3O4S. The van der Waals surface area contributed by atoms with Crippen LogP contribution in [-0.4, -0.2) is 30.3 Å². The molecule has 1 heterocycles. The fourth-order valence-corrected chi connectivity index (χ4v) is 5.73. The van der Waals surface area contributed by atoms with E-state index >= 15 is 0 Å². The number of alkyl halides is 3. The number of hydrogen-bond donors (Lipinski definition) is 0. The predicted molar refractivity (Wildman–Crippen MR) is 136 cm³/mol. The van der Waals surface area contributed by atoms with E-state index in [1.54, 1.807) is 46.8 Å². The van der Waals surface area contributed by atoms with Crippen molar-refractivity contribution >= 4 is 52.5 Å². The molecule has 2 aromatic rings. The number of hydrogen-bond acceptors (Lipinski definition) is 5. The van der Waals surface area contributed by atoms with Crippen LogP contribution in [0.5, 0.6) is 0 Å². The molecule has 2 aromatic carbocycles. The third kappa shape index (κ3) is 5.87. The topological polar surface area (TPSA) is 52.6 Å². The average Bonchev–Trinajstić information content (AvgIpc) is 3.15. The predicted octanol–water partition coefficient (Wildman–Crippen LogP) is 8.13. The zero-order valence-corrected chi connectivity index (χ0v) is 22.6. The van der Waals surface area contributed by atoms with E-state index in [0.717, 1.165) is 0 Å². The van der Waals surface area contributed by atoms with Gasteiger partial charge in [-0.25, -0.2) is 9.59 Å². The van der Waals surface area contributed by atoms with E-state index in [2.05, 4.69) is 0 Å². The Labute approximate surface area is 222 Å². The molecule has 0 spiro atoms. The molecule has 0 aliphatic carbocycles. The van der Waals surface area contributed by atoms with Crippen molar-refractivity contribution in [2.45, 2.75) is 57.6 Å². The summed E-state index contributed by atoms with van der Waals surface area (Å²) in [5, 5.41) is 0.0748. The van der Waals surface area contributed by atoms with Crippen LogP contribution < -0.4 is 0 Å². The van der Waals surface area contributed by atoms with E-state index in [0.29, 0.717) is 17.3 Å². The molecule has 1 aliphatic heterocycles. The van der Waals surface area contributed by atoms with Gasteiger partial charge in [-0.15, -0.1) is 0 Å². The Morgan fingerprint density at radius 1 is 1.03 bits per heavy atom. The summed E-state index contributed by atoms with van der Waals surface area (Å²) in [5.41, 5.74) is 0.218. The molecule has 0 bridgehead atoms. The lowest BCUT2D eigenvalue weighted by Crippen LogP contribution is -2.38. The lowest BCUT2D eigenvalue weighted by Gasteiger charge is -2.32. The molecule has 1 atom stereocenters. The Hall–Kier alpha value is -2.16. The van der Waals surface area contributed by atoms with E-state index in [9.17, 15) is 22.8 Å². The molecule has 0 fully saturated rings. The molecule has 4 nitrogen and oxygen atoms in total. The highest BCUT2D eigenvalue weighted by Crippen LogP contribution is 2.63. The number of halogens is 5. The van der Waals surface area contributed by atoms with Crippen molar-refractivity contribution in [2.24, 2.45) is 0 Å². The van der Waals surface area contributed by atoms with Crippen molar-refractivity contribution in [3.8, 4) is 0 Å². The fraction of sp³-hybridized carbons (Fsp3) is 0.385. The molecule has 10 heteroatoms. The van der Waals surface area contributed by atoms with Crippen LogP contribution in [-0.2, 0) is 19.0 Å². The van der Waals surface area contributed by atoms with Crippen LogP contribution >= 0.6 is 35.0 Å². The second-order valence-electron chi connectivity index (χ2n) is 9.32. The Bertz CT molecular complexity index is 1210. The molecule has 0 radical (unpaired) electrons. The van der Waals surface area contributed by atoms with Crippen molar-refractivity contribution in [2.75, 3.05) is 6.61 Å². The number of rotatable bonds is 5. The van der Waals surface area contributed by atoms with Gasteiger partial charge in [0.2, 0.25) is 0 Å². The number of esters is 2. The van der Waals surface area contributed by atoms with E-state index < -0.39 is 34.9 Å². The maximum absolute atomic E-state index is 14.8. The van der Waals surface area contributed by atoms with E-state index in [-0.39, 0.29) is 43.8 Å². The van der Waals surface area contributed by atoms with Gasteiger partial charge in [0, 0.05) is 16.5 Å². The normalized spacial score (nSPS) is 18.4. The molecule has 194 valence electrons. The SMILES string of the molecule is CCOC(=O)C1=C(c2ccc(C)c(C(=O)OC(C)(C)C)c2)CC(c2cc(Cl)cc(Cl)c2)(C(F)(F)F)S1. The molecule has 1 aliphatic rings. The van der Waals surface area contributed by atoms with Gasteiger partial charge >= 0.3 is 18.1 Å². The van der Waals surface area contributed by atoms with Gasteiger partial charge in [-0.3, -0.25) is 0 Å². The summed E-state index contributed by atoms with van der Waals surface area (Å²) < 4.78 is 52.3. The second-order valence-corrected chi connectivity index (χ2v) is 11.5.